The van der Waals surface area contributed by atoms with Crippen molar-refractivity contribution in [3.63, 3.8) is 0 Å². The molecule has 1 aliphatic carbocycles. The molecule has 3 nitrogen and oxygen atoms in total. The summed E-state index contributed by atoms with van der Waals surface area (Å²) in [5.41, 5.74) is 4.63. The van der Waals surface area contributed by atoms with Crippen molar-refractivity contribution in [2.24, 2.45) is 0 Å². The van der Waals surface area contributed by atoms with E-state index in [1.54, 1.807) is 0 Å². The Morgan fingerprint density at radius 3 is 2.52 bits per heavy atom. The molecule has 1 aliphatic rings. The smallest absolute Gasteiger partial charge is 0.0750 e. The quantitative estimate of drug-likeness (QED) is 0.776. The lowest BCUT2D eigenvalue weighted by molar-refractivity contribution is 0.495. The zero-order chi connectivity index (χ0) is 16.6. The molecule has 3 rings (SSSR count). The largest absolute Gasteiger partial charge is 0.269 e. The van der Waals surface area contributed by atoms with Crippen molar-refractivity contribution in [2.45, 2.75) is 64.8 Å². The third-order valence-electron chi connectivity index (χ3n) is 4.22. The molecule has 0 aliphatic heterocycles. The Labute approximate surface area is 139 Å². The molecule has 0 N–H and O–H groups in total. The van der Waals surface area contributed by atoms with Crippen molar-refractivity contribution >= 4 is 12.2 Å². The van der Waals surface area contributed by atoms with E-state index in [1.165, 1.54) is 24.1 Å². The fourth-order valence-corrected chi connectivity index (χ4v) is 2.72. The highest BCUT2D eigenvalue weighted by Gasteiger charge is 2.25. The molecule has 2 heterocycles. The number of pyridine rings is 1. The first-order valence-corrected chi connectivity index (χ1v) is 8.59. The van der Waals surface area contributed by atoms with Gasteiger partial charge < -0.3 is 0 Å². The van der Waals surface area contributed by atoms with Crippen LogP contribution < -0.4 is 0 Å². The minimum atomic E-state index is 0.0309. The summed E-state index contributed by atoms with van der Waals surface area (Å²) in [7, 11) is 0. The molecular formula is C20H27N3. The monoisotopic (exact) mass is 309 g/mol. The molecule has 23 heavy (non-hydrogen) atoms. The summed E-state index contributed by atoms with van der Waals surface area (Å²) in [5.74, 6) is 0.692. The Morgan fingerprint density at radius 2 is 1.91 bits per heavy atom. The van der Waals surface area contributed by atoms with Gasteiger partial charge in [0.2, 0.25) is 0 Å². The summed E-state index contributed by atoms with van der Waals surface area (Å²) >= 11 is 0. The van der Waals surface area contributed by atoms with Crippen LogP contribution in [0.5, 0.6) is 0 Å². The Hall–Kier alpha value is -1.90. The van der Waals surface area contributed by atoms with Crippen LogP contribution in [0.3, 0.4) is 0 Å². The lowest BCUT2D eigenvalue weighted by Gasteiger charge is -2.16. The van der Waals surface area contributed by atoms with Crippen LogP contribution in [0.1, 0.15) is 82.1 Å². The first kappa shape index (κ1) is 16.0. The van der Waals surface area contributed by atoms with Crippen LogP contribution in [0.2, 0.25) is 0 Å². The molecule has 3 heteroatoms. The van der Waals surface area contributed by atoms with E-state index in [2.05, 4.69) is 71.2 Å². The van der Waals surface area contributed by atoms with E-state index in [1.807, 2.05) is 4.68 Å². The topological polar surface area (TPSA) is 30.7 Å². The summed E-state index contributed by atoms with van der Waals surface area (Å²) in [6.45, 7) is 11.0. The maximum Gasteiger partial charge on any atom is 0.0750 e. The van der Waals surface area contributed by atoms with Gasteiger partial charge in [0.1, 0.15) is 0 Å². The Bertz CT molecular complexity index is 713. The van der Waals surface area contributed by atoms with Gasteiger partial charge in [0, 0.05) is 34.8 Å². The van der Waals surface area contributed by atoms with Gasteiger partial charge in [-0.3, -0.25) is 9.67 Å². The van der Waals surface area contributed by atoms with Gasteiger partial charge in [0.05, 0.1) is 11.4 Å². The molecular weight excluding hydrogens is 282 g/mol. The predicted molar refractivity (Wildman–Crippen MR) is 96.5 cm³/mol. The molecule has 0 spiro atoms. The lowest BCUT2D eigenvalue weighted by atomic mass is 9.89. The summed E-state index contributed by atoms with van der Waals surface area (Å²) in [6, 6.07) is 6.70. The fraction of sp³-hybridized carbons (Fsp3) is 0.500. The molecule has 1 fully saturated rings. The standard InChI is InChI=1S/C20H27N3/c1-14(2)23-13-16(19(22-23)20(3,4)5)11-12-17-7-6-8-18(21-17)15-9-10-15/h6-8,11-15H,9-10H2,1-5H3/b12-11+. The first-order valence-electron chi connectivity index (χ1n) is 8.59. The predicted octanol–water partition coefficient (Wildman–Crippen LogP) is 5.20. The molecule has 122 valence electrons. The molecule has 0 amide bonds. The molecule has 0 saturated heterocycles. The van der Waals surface area contributed by atoms with E-state index in [4.69, 9.17) is 10.1 Å². The first-order chi connectivity index (χ1) is 10.8. The molecule has 0 aromatic carbocycles. The average Bonchev–Trinajstić information content (AvgIpc) is 3.23. The highest BCUT2D eigenvalue weighted by molar-refractivity contribution is 5.69. The van der Waals surface area contributed by atoms with Crippen LogP contribution in [0, 0.1) is 0 Å². The average molecular weight is 309 g/mol. The maximum atomic E-state index is 4.79. The van der Waals surface area contributed by atoms with E-state index < -0.39 is 0 Å². The summed E-state index contributed by atoms with van der Waals surface area (Å²) in [5, 5.41) is 4.79. The summed E-state index contributed by atoms with van der Waals surface area (Å²) in [6.07, 6.45) is 8.99. The van der Waals surface area contributed by atoms with Crippen LogP contribution in [0.15, 0.2) is 24.4 Å². The number of hydrogen-bond acceptors (Lipinski definition) is 2. The second-order valence-electron chi connectivity index (χ2n) is 7.85. The van der Waals surface area contributed by atoms with E-state index in [0.717, 1.165) is 11.4 Å². The van der Waals surface area contributed by atoms with Gasteiger partial charge in [-0.25, -0.2) is 0 Å². The number of aromatic nitrogens is 3. The summed E-state index contributed by atoms with van der Waals surface area (Å²) < 4.78 is 2.05. The number of hydrogen-bond donors (Lipinski definition) is 0. The maximum absolute atomic E-state index is 4.79. The van der Waals surface area contributed by atoms with Gasteiger partial charge in [-0.15, -0.1) is 0 Å². The molecule has 0 bridgehead atoms. The van der Waals surface area contributed by atoms with E-state index in [0.29, 0.717) is 12.0 Å². The van der Waals surface area contributed by atoms with E-state index in [-0.39, 0.29) is 5.41 Å². The van der Waals surface area contributed by atoms with Gasteiger partial charge in [0.25, 0.3) is 0 Å². The minimum absolute atomic E-state index is 0.0309. The Balaban J connectivity index is 1.90. The van der Waals surface area contributed by atoms with Crippen molar-refractivity contribution in [2.75, 3.05) is 0 Å². The molecule has 1 saturated carbocycles. The lowest BCUT2D eigenvalue weighted by Crippen LogP contribution is -2.14. The molecule has 0 radical (unpaired) electrons. The fourth-order valence-electron chi connectivity index (χ4n) is 2.72. The van der Waals surface area contributed by atoms with Crippen LogP contribution in [0.25, 0.3) is 12.2 Å². The van der Waals surface area contributed by atoms with Crippen LogP contribution in [-0.2, 0) is 5.41 Å². The van der Waals surface area contributed by atoms with Crippen LogP contribution in [-0.4, -0.2) is 14.8 Å². The van der Waals surface area contributed by atoms with Crippen molar-refractivity contribution in [1.29, 1.82) is 0 Å². The molecule has 0 atom stereocenters. The van der Waals surface area contributed by atoms with Crippen molar-refractivity contribution < 1.29 is 0 Å². The van der Waals surface area contributed by atoms with Gasteiger partial charge in [-0.05, 0) is 51.0 Å². The highest BCUT2D eigenvalue weighted by atomic mass is 15.3. The van der Waals surface area contributed by atoms with Crippen molar-refractivity contribution in [3.05, 3.63) is 47.0 Å². The second-order valence-corrected chi connectivity index (χ2v) is 7.85. The Kier molecular flexibility index (Phi) is 4.13. The van der Waals surface area contributed by atoms with Crippen molar-refractivity contribution in [3.8, 4) is 0 Å². The number of rotatable bonds is 4. The number of nitrogens with zero attached hydrogens (tertiary/aromatic N) is 3. The third-order valence-corrected chi connectivity index (χ3v) is 4.22. The Morgan fingerprint density at radius 1 is 1.17 bits per heavy atom. The third kappa shape index (κ3) is 3.72. The zero-order valence-corrected chi connectivity index (χ0v) is 14.9. The van der Waals surface area contributed by atoms with E-state index >= 15 is 0 Å². The van der Waals surface area contributed by atoms with Gasteiger partial charge in [-0.1, -0.05) is 26.8 Å². The minimum Gasteiger partial charge on any atom is -0.269 e. The second kappa shape index (κ2) is 5.95. The van der Waals surface area contributed by atoms with Crippen LogP contribution in [0.4, 0.5) is 0 Å². The molecule has 0 unspecified atom stereocenters. The molecule has 2 aromatic heterocycles. The SMILES string of the molecule is CC(C)n1cc(/C=C/c2cccc(C3CC3)n2)c(C(C)(C)C)n1. The van der Waals surface area contributed by atoms with Gasteiger partial charge in [-0.2, -0.15) is 5.10 Å². The normalized spacial score (nSPS) is 15.7. The highest BCUT2D eigenvalue weighted by Crippen LogP contribution is 2.38. The summed E-state index contributed by atoms with van der Waals surface area (Å²) in [4.78, 5) is 4.77. The van der Waals surface area contributed by atoms with Crippen molar-refractivity contribution in [1.82, 2.24) is 14.8 Å². The van der Waals surface area contributed by atoms with Gasteiger partial charge in [0.15, 0.2) is 0 Å². The van der Waals surface area contributed by atoms with Crippen LogP contribution >= 0.6 is 0 Å². The zero-order valence-electron chi connectivity index (χ0n) is 14.9. The molecule has 2 aromatic rings. The van der Waals surface area contributed by atoms with E-state index in [9.17, 15) is 0 Å². The van der Waals surface area contributed by atoms with Gasteiger partial charge >= 0.3 is 0 Å².